The van der Waals surface area contributed by atoms with Gasteiger partial charge in [0.25, 0.3) is 0 Å². The van der Waals surface area contributed by atoms with Crippen LogP contribution in [0.1, 0.15) is 33.1 Å². The molecule has 1 saturated carbocycles. The molecule has 0 unspecified atom stereocenters. The van der Waals surface area contributed by atoms with Crippen LogP contribution in [0, 0.1) is 11.8 Å². The molecular weight excluding hydrogens is 122 g/mol. The molecule has 2 aliphatic rings. The SMILES string of the molecule is C1C[C@@H]2CNC[C@@H]2C1.CC. The van der Waals surface area contributed by atoms with E-state index in [1.54, 1.807) is 0 Å². The minimum atomic E-state index is 1.06. The molecule has 60 valence electrons. The van der Waals surface area contributed by atoms with E-state index in [4.69, 9.17) is 0 Å². The molecule has 1 aliphatic carbocycles. The minimum Gasteiger partial charge on any atom is -0.316 e. The summed E-state index contributed by atoms with van der Waals surface area (Å²) in [6, 6.07) is 0. The van der Waals surface area contributed by atoms with Crippen LogP contribution in [0.2, 0.25) is 0 Å². The van der Waals surface area contributed by atoms with E-state index in [0.29, 0.717) is 0 Å². The minimum absolute atomic E-state index is 1.06. The zero-order valence-corrected chi connectivity index (χ0v) is 7.19. The molecule has 0 aromatic rings. The van der Waals surface area contributed by atoms with Crippen LogP contribution in [0.3, 0.4) is 0 Å². The van der Waals surface area contributed by atoms with Crippen LogP contribution in [0.15, 0.2) is 0 Å². The average molecular weight is 141 g/mol. The molecule has 1 heterocycles. The van der Waals surface area contributed by atoms with Gasteiger partial charge in [-0.25, -0.2) is 0 Å². The summed E-state index contributed by atoms with van der Waals surface area (Å²) >= 11 is 0. The second kappa shape index (κ2) is 3.97. The first kappa shape index (κ1) is 8.06. The molecule has 0 bridgehead atoms. The predicted molar refractivity (Wildman–Crippen MR) is 45.0 cm³/mol. The van der Waals surface area contributed by atoms with Gasteiger partial charge in [0.15, 0.2) is 0 Å². The summed E-state index contributed by atoms with van der Waals surface area (Å²) in [4.78, 5) is 0. The molecule has 2 fully saturated rings. The molecule has 1 heteroatoms. The lowest BCUT2D eigenvalue weighted by molar-refractivity contribution is 0.494. The Balaban J connectivity index is 0.000000231. The first-order chi connectivity index (χ1) is 4.97. The van der Waals surface area contributed by atoms with Gasteiger partial charge in [0.05, 0.1) is 0 Å². The number of hydrogen-bond donors (Lipinski definition) is 1. The zero-order chi connectivity index (χ0) is 7.40. The van der Waals surface area contributed by atoms with Crippen LogP contribution in [-0.4, -0.2) is 13.1 Å². The third-order valence-corrected chi connectivity index (χ3v) is 2.63. The second-order valence-electron chi connectivity index (χ2n) is 3.11. The van der Waals surface area contributed by atoms with Crippen molar-refractivity contribution in [3.8, 4) is 0 Å². The molecular formula is C9H19N. The lowest BCUT2D eigenvalue weighted by Gasteiger charge is -2.02. The summed E-state index contributed by atoms with van der Waals surface area (Å²) in [6.07, 6.45) is 4.49. The van der Waals surface area contributed by atoms with E-state index in [1.807, 2.05) is 13.8 Å². The molecule has 2 rings (SSSR count). The van der Waals surface area contributed by atoms with Gasteiger partial charge >= 0.3 is 0 Å². The van der Waals surface area contributed by atoms with E-state index >= 15 is 0 Å². The number of hydrogen-bond acceptors (Lipinski definition) is 1. The van der Waals surface area contributed by atoms with Crippen molar-refractivity contribution in [3.63, 3.8) is 0 Å². The molecule has 1 N–H and O–H groups in total. The van der Waals surface area contributed by atoms with E-state index in [0.717, 1.165) is 11.8 Å². The summed E-state index contributed by atoms with van der Waals surface area (Å²) in [7, 11) is 0. The lowest BCUT2D eigenvalue weighted by Crippen LogP contribution is -2.08. The highest BCUT2D eigenvalue weighted by atomic mass is 14.9. The Bertz CT molecular complexity index is 70.7. The average Bonchev–Trinajstić information content (AvgIpc) is 2.49. The summed E-state index contributed by atoms with van der Waals surface area (Å²) in [5.41, 5.74) is 0. The second-order valence-corrected chi connectivity index (χ2v) is 3.11. The fourth-order valence-electron chi connectivity index (χ4n) is 2.11. The Morgan fingerprint density at radius 1 is 1.00 bits per heavy atom. The maximum Gasteiger partial charge on any atom is -0.00173 e. The van der Waals surface area contributed by atoms with E-state index in [9.17, 15) is 0 Å². The molecule has 2 atom stereocenters. The van der Waals surface area contributed by atoms with Crippen molar-refractivity contribution < 1.29 is 0 Å². The number of rotatable bonds is 0. The van der Waals surface area contributed by atoms with Crippen LogP contribution >= 0.6 is 0 Å². The van der Waals surface area contributed by atoms with Gasteiger partial charge in [-0.2, -0.15) is 0 Å². The maximum atomic E-state index is 3.42. The van der Waals surface area contributed by atoms with Crippen LogP contribution < -0.4 is 5.32 Å². The number of fused-ring (bicyclic) bond motifs is 1. The molecule has 1 nitrogen and oxygen atoms in total. The number of nitrogens with one attached hydrogen (secondary N) is 1. The molecule has 0 radical (unpaired) electrons. The molecule has 0 aromatic carbocycles. The van der Waals surface area contributed by atoms with Gasteiger partial charge in [-0.1, -0.05) is 20.3 Å². The summed E-state index contributed by atoms with van der Waals surface area (Å²) < 4.78 is 0. The first-order valence-electron chi connectivity index (χ1n) is 4.67. The quantitative estimate of drug-likeness (QED) is 0.544. The largest absolute Gasteiger partial charge is 0.316 e. The standard InChI is InChI=1S/C7H13N.C2H6/c1-2-6-4-8-5-7(6)3-1;1-2/h6-8H,1-5H2;1-2H3/t6-,7+;. The third-order valence-electron chi connectivity index (χ3n) is 2.63. The van der Waals surface area contributed by atoms with Gasteiger partial charge in [0, 0.05) is 0 Å². The van der Waals surface area contributed by atoms with Crippen molar-refractivity contribution in [2.45, 2.75) is 33.1 Å². The van der Waals surface area contributed by atoms with Crippen LogP contribution in [0.25, 0.3) is 0 Å². The molecule has 0 aromatic heterocycles. The Morgan fingerprint density at radius 2 is 1.50 bits per heavy atom. The Hall–Kier alpha value is -0.0400. The molecule has 0 amide bonds. The molecule has 1 aliphatic heterocycles. The smallest absolute Gasteiger partial charge is 0.00173 e. The van der Waals surface area contributed by atoms with Crippen LogP contribution in [0.4, 0.5) is 0 Å². The highest BCUT2D eigenvalue weighted by molar-refractivity contribution is 4.85. The topological polar surface area (TPSA) is 12.0 Å². The Morgan fingerprint density at radius 3 is 2.00 bits per heavy atom. The molecule has 10 heavy (non-hydrogen) atoms. The van der Waals surface area contributed by atoms with Crippen molar-refractivity contribution in [1.82, 2.24) is 5.32 Å². The third kappa shape index (κ3) is 1.51. The lowest BCUT2D eigenvalue weighted by atomic mass is 10.0. The Labute approximate surface area is 64.2 Å². The summed E-state index contributed by atoms with van der Waals surface area (Å²) in [5, 5.41) is 3.42. The fourth-order valence-corrected chi connectivity index (χ4v) is 2.11. The summed E-state index contributed by atoms with van der Waals surface area (Å²) in [6.45, 7) is 6.62. The zero-order valence-electron chi connectivity index (χ0n) is 7.19. The Kier molecular flexibility index (Phi) is 3.20. The van der Waals surface area contributed by atoms with E-state index in [2.05, 4.69) is 5.32 Å². The van der Waals surface area contributed by atoms with Gasteiger partial charge in [0.2, 0.25) is 0 Å². The summed E-state index contributed by atoms with van der Waals surface area (Å²) in [5.74, 6) is 2.13. The van der Waals surface area contributed by atoms with Gasteiger partial charge < -0.3 is 5.32 Å². The van der Waals surface area contributed by atoms with Crippen LogP contribution in [0.5, 0.6) is 0 Å². The van der Waals surface area contributed by atoms with Gasteiger partial charge in [0.1, 0.15) is 0 Å². The van der Waals surface area contributed by atoms with Crippen molar-refractivity contribution in [1.29, 1.82) is 0 Å². The predicted octanol–water partition coefficient (Wildman–Crippen LogP) is 2.03. The van der Waals surface area contributed by atoms with Gasteiger partial charge in [-0.05, 0) is 37.8 Å². The van der Waals surface area contributed by atoms with Crippen molar-refractivity contribution in [2.24, 2.45) is 11.8 Å². The molecule has 0 spiro atoms. The fraction of sp³-hybridized carbons (Fsp3) is 1.00. The van der Waals surface area contributed by atoms with Crippen molar-refractivity contribution >= 4 is 0 Å². The van der Waals surface area contributed by atoms with E-state index in [-0.39, 0.29) is 0 Å². The normalized spacial score (nSPS) is 36.6. The maximum absolute atomic E-state index is 3.42. The van der Waals surface area contributed by atoms with Crippen LogP contribution in [-0.2, 0) is 0 Å². The van der Waals surface area contributed by atoms with E-state index < -0.39 is 0 Å². The highest BCUT2D eigenvalue weighted by Crippen LogP contribution is 2.33. The molecule has 1 saturated heterocycles. The van der Waals surface area contributed by atoms with Crippen molar-refractivity contribution in [2.75, 3.05) is 13.1 Å². The highest BCUT2D eigenvalue weighted by Gasteiger charge is 2.30. The van der Waals surface area contributed by atoms with Gasteiger partial charge in [-0.15, -0.1) is 0 Å². The van der Waals surface area contributed by atoms with Crippen molar-refractivity contribution in [3.05, 3.63) is 0 Å². The monoisotopic (exact) mass is 141 g/mol. The van der Waals surface area contributed by atoms with Gasteiger partial charge in [-0.3, -0.25) is 0 Å². The van der Waals surface area contributed by atoms with E-state index in [1.165, 1.54) is 32.4 Å². The first-order valence-corrected chi connectivity index (χ1v) is 4.67.